The van der Waals surface area contributed by atoms with Crippen LogP contribution in [0.25, 0.3) is 0 Å². The Morgan fingerprint density at radius 2 is 0.750 bits per heavy atom. The Balaban J connectivity index is 0. The van der Waals surface area contributed by atoms with Crippen molar-refractivity contribution in [2.24, 2.45) is 23.7 Å². The fourth-order valence-corrected chi connectivity index (χ4v) is 8.47. The van der Waals surface area contributed by atoms with Crippen LogP contribution in [0.5, 0.6) is 0 Å². The molecule has 296 valence electrons. The zero-order chi connectivity index (χ0) is 38.5. The molecule has 2 fully saturated rings. The summed E-state index contributed by atoms with van der Waals surface area (Å²) in [6.07, 6.45) is 7.48. The molecule has 8 nitrogen and oxygen atoms in total. The van der Waals surface area contributed by atoms with Crippen molar-refractivity contribution in [1.82, 2.24) is 0 Å². The molecule has 2 aromatic rings. The molecule has 4 rings (SSSR count). The molecule has 0 saturated carbocycles. The molecule has 6 atom stereocenters. The average molecular weight is 798 g/mol. The molecule has 0 spiro atoms. The van der Waals surface area contributed by atoms with Crippen molar-refractivity contribution in [3.63, 3.8) is 0 Å². The fraction of sp³-hybridized carbons (Fsp3) is 0.700. The summed E-state index contributed by atoms with van der Waals surface area (Å²) in [5.74, 6) is 4.76. The predicted molar refractivity (Wildman–Crippen MR) is 205 cm³/mol. The summed E-state index contributed by atoms with van der Waals surface area (Å²) < 4.78 is 66.3. The average Bonchev–Trinajstić information content (AvgIpc) is 3.56. The Labute approximate surface area is 347 Å². The van der Waals surface area contributed by atoms with Crippen LogP contribution in [0.3, 0.4) is 0 Å². The van der Waals surface area contributed by atoms with Crippen LogP contribution in [0.1, 0.15) is 117 Å². The molecule has 2 heterocycles. The van der Waals surface area contributed by atoms with E-state index in [0.29, 0.717) is 11.8 Å². The molecule has 2 aliphatic rings. The van der Waals surface area contributed by atoms with Gasteiger partial charge in [-0.25, -0.2) is 16.8 Å². The van der Waals surface area contributed by atoms with Gasteiger partial charge in [-0.15, -0.1) is 0 Å². The van der Waals surface area contributed by atoms with Crippen molar-refractivity contribution in [2.75, 3.05) is 54.4 Å². The van der Waals surface area contributed by atoms with E-state index in [1.54, 1.807) is 24.3 Å². The van der Waals surface area contributed by atoms with Gasteiger partial charge in [-0.05, 0) is 85.8 Å². The Morgan fingerprint density at radius 3 is 0.904 bits per heavy atom. The summed E-state index contributed by atoms with van der Waals surface area (Å²) in [4.78, 5) is -0.325. The predicted octanol–water partition coefficient (Wildman–Crippen LogP) is 2.47. The van der Waals surface area contributed by atoms with E-state index in [9.17, 15) is 25.9 Å². The van der Waals surface area contributed by atoms with Gasteiger partial charge in [0, 0.05) is 23.7 Å². The van der Waals surface area contributed by atoms with Gasteiger partial charge in [0.05, 0.1) is 64.2 Å². The quantitative estimate of drug-likeness (QED) is 0.208. The Morgan fingerprint density at radius 1 is 0.538 bits per heavy atom. The number of rotatable bonds is 10. The number of likely N-dealkylation sites (tertiary alicyclic amines) is 2. The minimum absolute atomic E-state index is 0. The molecule has 0 N–H and O–H groups in total. The third-order valence-electron chi connectivity index (χ3n) is 11.0. The summed E-state index contributed by atoms with van der Waals surface area (Å²) in [7, 11) is 0.834. The molecular weight excluding hydrogens is 727 g/mol. The molecule has 2 aromatic carbocycles. The van der Waals surface area contributed by atoms with E-state index >= 15 is 0 Å². The minimum Gasteiger partial charge on any atom is -1.00 e. The number of hydrogen-bond donors (Lipinski definition) is 0. The van der Waals surface area contributed by atoms with Crippen molar-refractivity contribution in [1.29, 1.82) is 0 Å². The molecular formula is C40H70ClN2NaO6S2. The fourth-order valence-electron chi connectivity index (χ4n) is 7.53. The van der Waals surface area contributed by atoms with Crippen molar-refractivity contribution >= 4 is 20.2 Å². The first-order chi connectivity index (χ1) is 23.1. The van der Waals surface area contributed by atoms with Gasteiger partial charge >= 0.3 is 29.6 Å². The van der Waals surface area contributed by atoms with Crippen molar-refractivity contribution in [2.45, 2.75) is 116 Å². The van der Waals surface area contributed by atoms with Crippen LogP contribution in [-0.4, -0.2) is 89.3 Å². The Hall–Kier alpha value is -0.530. The summed E-state index contributed by atoms with van der Waals surface area (Å²) in [5.41, 5.74) is 2.11. The third-order valence-corrected chi connectivity index (χ3v) is 12.7. The number of nitrogens with zero attached hydrogens (tertiary/aromatic N) is 2. The van der Waals surface area contributed by atoms with Crippen LogP contribution < -0.4 is 42.0 Å². The third kappa shape index (κ3) is 18.4. The van der Waals surface area contributed by atoms with E-state index in [-0.39, 0.29) is 51.8 Å². The largest absolute Gasteiger partial charge is 1.00 e. The summed E-state index contributed by atoms with van der Waals surface area (Å²) in [6.45, 7) is 23.1. The van der Waals surface area contributed by atoms with E-state index in [2.05, 4.69) is 83.6 Å². The van der Waals surface area contributed by atoms with E-state index < -0.39 is 20.2 Å². The first-order valence-corrected chi connectivity index (χ1v) is 21.6. The van der Waals surface area contributed by atoms with Crippen molar-refractivity contribution in [3.05, 3.63) is 59.7 Å². The molecule has 12 heteroatoms. The number of quaternary nitrogens is 2. The molecule has 0 radical (unpaired) electrons. The minimum atomic E-state index is -4.30. The Kier molecular flexibility index (Phi) is 24.9. The van der Waals surface area contributed by atoms with Crippen LogP contribution >= 0.6 is 0 Å². The van der Waals surface area contributed by atoms with E-state index in [0.717, 1.165) is 47.6 Å². The first kappa shape index (κ1) is 53.6. The van der Waals surface area contributed by atoms with E-state index in [4.69, 9.17) is 0 Å². The monoisotopic (exact) mass is 796 g/mol. The molecule has 6 unspecified atom stereocenters. The second kappa shape index (κ2) is 24.2. The van der Waals surface area contributed by atoms with Gasteiger partial charge in [0.1, 0.15) is 20.2 Å². The molecule has 0 amide bonds. The molecule has 0 aliphatic carbocycles. The van der Waals surface area contributed by atoms with Gasteiger partial charge in [0.15, 0.2) is 0 Å². The molecule has 0 bridgehead atoms. The molecule has 52 heavy (non-hydrogen) atoms. The van der Waals surface area contributed by atoms with Crippen LogP contribution in [-0.2, 0) is 20.2 Å². The summed E-state index contributed by atoms with van der Waals surface area (Å²) >= 11 is 0. The second-order valence-corrected chi connectivity index (χ2v) is 18.7. The zero-order valence-electron chi connectivity index (χ0n) is 34.7. The number of hydrogen-bond acceptors (Lipinski definition) is 6. The van der Waals surface area contributed by atoms with Crippen LogP contribution in [0.2, 0.25) is 0 Å². The van der Waals surface area contributed by atoms with Crippen molar-refractivity contribution < 1.29 is 76.9 Å². The van der Waals surface area contributed by atoms with Crippen LogP contribution in [0.4, 0.5) is 0 Å². The normalized spacial score (nSPS) is 22.7. The summed E-state index contributed by atoms with van der Waals surface area (Å²) in [6, 6.07) is 12.2. The van der Waals surface area contributed by atoms with Gasteiger partial charge < -0.3 is 30.5 Å². The second-order valence-electron chi connectivity index (χ2n) is 15.9. The smallest absolute Gasteiger partial charge is 1.00 e. The van der Waals surface area contributed by atoms with Crippen LogP contribution in [0, 0.1) is 23.7 Å². The number of halogens is 1. The topological polar surface area (TPSA) is 114 Å². The van der Waals surface area contributed by atoms with Crippen LogP contribution in [0.15, 0.2) is 58.3 Å². The van der Waals surface area contributed by atoms with Crippen molar-refractivity contribution in [3.8, 4) is 0 Å². The van der Waals surface area contributed by atoms with Gasteiger partial charge in [0.2, 0.25) is 0 Å². The maximum atomic E-state index is 10.6. The molecule has 2 aliphatic heterocycles. The molecule has 0 aromatic heterocycles. The maximum absolute atomic E-state index is 10.6. The standard InChI is InChI=1S/2C10H22N.2C10H14O3S.ClH.Na/c2*1-5-9-7-11(3,4)8-10(9)6-2;2*1-3-8(2)9-4-6-10(7-5-9)14(11,12)13;;/h2*9-10H,5-8H2,1-4H3;2*4-8H,3H2,1-2H3,(H,11,12,13);1H;/q2*+1;;;;+1/p-3. The van der Waals surface area contributed by atoms with E-state index in [1.165, 1.54) is 85.1 Å². The van der Waals surface area contributed by atoms with Gasteiger partial charge in [-0.3, -0.25) is 0 Å². The van der Waals surface area contributed by atoms with Gasteiger partial charge in [-0.1, -0.05) is 79.7 Å². The van der Waals surface area contributed by atoms with Gasteiger partial charge in [0.25, 0.3) is 0 Å². The summed E-state index contributed by atoms with van der Waals surface area (Å²) in [5, 5.41) is 0. The zero-order valence-corrected chi connectivity index (χ0v) is 39.1. The first-order valence-electron chi connectivity index (χ1n) is 18.8. The maximum Gasteiger partial charge on any atom is 1.00 e. The van der Waals surface area contributed by atoms with E-state index in [1.807, 2.05) is 0 Å². The SMILES string of the molecule is CCC(C)c1ccc(S(=O)(=O)[O-])cc1.CCC(C)c1ccc(S(=O)(=O)[O-])cc1.CCC1C[N+](C)(C)CC1CC.CCC1C[N+](C)(C)CC1CC.[Cl-].[Na+]. The molecule has 2 saturated heterocycles. The van der Waals surface area contributed by atoms with Gasteiger partial charge in [-0.2, -0.15) is 0 Å². The number of benzene rings is 2. The Bertz CT molecular complexity index is 1350.